The summed E-state index contributed by atoms with van der Waals surface area (Å²) in [4.78, 5) is 17.3. The van der Waals surface area contributed by atoms with E-state index in [9.17, 15) is 9.90 Å². The Kier molecular flexibility index (Phi) is 5.36. The van der Waals surface area contributed by atoms with Crippen LogP contribution in [0.15, 0.2) is 72.8 Å². The zero-order valence-corrected chi connectivity index (χ0v) is 18.8. The third-order valence-electron chi connectivity index (χ3n) is 6.11. The van der Waals surface area contributed by atoms with Crippen LogP contribution in [-0.2, 0) is 5.72 Å². The lowest BCUT2D eigenvalue weighted by atomic mass is 9.86. The van der Waals surface area contributed by atoms with E-state index in [1.54, 1.807) is 9.80 Å². The number of carbonyl (C=O) groups excluding carboxylic acids is 1. The maximum atomic E-state index is 14.0. The van der Waals surface area contributed by atoms with Crippen LogP contribution in [0.4, 0.5) is 16.2 Å². The number of aryl methyl sites for hydroxylation is 3. The monoisotopic (exact) mass is 414 g/mol. The van der Waals surface area contributed by atoms with Gasteiger partial charge in [-0.2, -0.15) is 0 Å². The van der Waals surface area contributed by atoms with Gasteiger partial charge in [-0.15, -0.1) is 0 Å². The van der Waals surface area contributed by atoms with Crippen LogP contribution in [0.1, 0.15) is 36.1 Å². The first-order valence-electron chi connectivity index (χ1n) is 10.8. The molecule has 0 aromatic heterocycles. The van der Waals surface area contributed by atoms with Crippen molar-refractivity contribution in [2.45, 2.75) is 46.4 Å². The maximum Gasteiger partial charge on any atom is 0.332 e. The second-order valence-corrected chi connectivity index (χ2v) is 8.94. The van der Waals surface area contributed by atoms with Crippen LogP contribution < -0.4 is 9.80 Å². The molecular formula is C27H30N2O2. The summed E-state index contributed by atoms with van der Waals surface area (Å²) < 4.78 is 0. The predicted octanol–water partition coefficient (Wildman–Crippen LogP) is 5.93. The van der Waals surface area contributed by atoms with Gasteiger partial charge in [-0.25, -0.2) is 4.79 Å². The minimum atomic E-state index is -1.52. The molecule has 3 aromatic rings. The highest BCUT2D eigenvalue weighted by Crippen LogP contribution is 2.47. The van der Waals surface area contributed by atoms with Crippen LogP contribution in [0.5, 0.6) is 0 Å². The van der Waals surface area contributed by atoms with Crippen molar-refractivity contribution in [3.8, 4) is 0 Å². The Morgan fingerprint density at radius 1 is 0.806 bits per heavy atom. The highest BCUT2D eigenvalue weighted by atomic mass is 16.3. The number of aliphatic hydroxyl groups is 1. The van der Waals surface area contributed by atoms with Crippen LogP contribution in [0.3, 0.4) is 0 Å². The van der Waals surface area contributed by atoms with Gasteiger partial charge >= 0.3 is 6.03 Å². The van der Waals surface area contributed by atoms with Gasteiger partial charge in [0.25, 0.3) is 0 Å². The Morgan fingerprint density at radius 2 is 1.35 bits per heavy atom. The summed E-state index contributed by atoms with van der Waals surface area (Å²) in [5, 5.41) is 12.4. The van der Waals surface area contributed by atoms with Gasteiger partial charge in [0.15, 0.2) is 5.72 Å². The maximum absolute atomic E-state index is 14.0. The summed E-state index contributed by atoms with van der Waals surface area (Å²) in [6.07, 6.45) is 0. The quantitative estimate of drug-likeness (QED) is 0.575. The fourth-order valence-corrected chi connectivity index (χ4v) is 4.60. The molecule has 0 aliphatic carbocycles. The molecule has 1 unspecified atom stereocenters. The van der Waals surface area contributed by atoms with E-state index in [0.29, 0.717) is 5.69 Å². The van der Waals surface area contributed by atoms with E-state index < -0.39 is 11.8 Å². The van der Waals surface area contributed by atoms with E-state index in [-0.39, 0.29) is 11.9 Å². The molecular weight excluding hydrogens is 384 g/mol. The molecule has 1 N–H and O–H groups in total. The second-order valence-electron chi connectivity index (χ2n) is 8.94. The van der Waals surface area contributed by atoms with Gasteiger partial charge in [0.05, 0.1) is 6.04 Å². The van der Waals surface area contributed by atoms with Crippen molar-refractivity contribution in [1.29, 1.82) is 0 Å². The molecule has 4 rings (SSSR count). The molecule has 4 nitrogen and oxygen atoms in total. The lowest BCUT2D eigenvalue weighted by molar-refractivity contribution is 0.0177. The smallest absolute Gasteiger partial charge is 0.332 e. The fourth-order valence-electron chi connectivity index (χ4n) is 4.60. The van der Waals surface area contributed by atoms with Crippen molar-refractivity contribution in [2.24, 2.45) is 5.92 Å². The lowest BCUT2D eigenvalue weighted by Crippen LogP contribution is -2.52. The minimum Gasteiger partial charge on any atom is -0.365 e. The number of anilines is 2. The number of hydrogen-bond donors (Lipinski definition) is 1. The third kappa shape index (κ3) is 3.51. The zero-order valence-electron chi connectivity index (χ0n) is 18.8. The number of rotatable bonds is 4. The van der Waals surface area contributed by atoms with Gasteiger partial charge in [-0.1, -0.05) is 79.1 Å². The molecule has 1 aliphatic heterocycles. The van der Waals surface area contributed by atoms with Gasteiger partial charge < -0.3 is 5.11 Å². The molecule has 1 saturated heterocycles. The van der Waals surface area contributed by atoms with Crippen LogP contribution in [0.25, 0.3) is 0 Å². The molecule has 31 heavy (non-hydrogen) atoms. The fraction of sp³-hybridized carbons (Fsp3) is 0.296. The Labute approximate surface area is 184 Å². The first-order chi connectivity index (χ1) is 14.7. The van der Waals surface area contributed by atoms with Crippen molar-refractivity contribution >= 4 is 17.4 Å². The van der Waals surface area contributed by atoms with Gasteiger partial charge in [0.2, 0.25) is 0 Å². The SMILES string of the molecule is Cc1ccc(N2C(=O)N(c3ccc(C)cc3)C(O)(c3cccc(C)c3)[C@@H]2C(C)C)cc1. The van der Waals surface area contributed by atoms with E-state index in [0.717, 1.165) is 27.9 Å². The molecule has 3 aromatic carbocycles. The summed E-state index contributed by atoms with van der Waals surface area (Å²) in [6.45, 7) is 10.1. The first-order valence-corrected chi connectivity index (χ1v) is 10.8. The summed E-state index contributed by atoms with van der Waals surface area (Å²) in [6, 6.07) is 22.8. The standard InChI is InChI=1S/C27H30N2O2/c1-18(2)25-27(31,22-8-6-7-21(5)17-22)29(24-15-11-20(4)12-16-24)26(30)28(25)23-13-9-19(3)10-14-23/h6-18,25,31H,1-5H3/t25-,27?/m0/s1. The predicted molar refractivity (Wildman–Crippen MR) is 126 cm³/mol. The Hall–Kier alpha value is -3.11. The molecule has 1 fully saturated rings. The molecule has 0 saturated carbocycles. The van der Waals surface area contributed by atoms with E-state index in [2.05, 4.69) is 13.8 Å². The Balaban J connectivity index is 1.97. The molecule has 0 radical (unpaired) electrons. The molecule has 160 valence electrons. The Morgan fingerprint density at radius 3 is 1.87 bits per heavy atom. The summed E-state index contributed by atoms with van der Waals surface area (Å²) in [5.41, 5.74) is 3.94. The number of carbonyl (C=O) groups is 1. The molecule has 1 aliphatic rings. The minimum absolute atomic E-state index is 0.00575. The van der Waals surface area contributed by atoms with Crippen molar-refractivity contribution in [1.82, 2.24) is 0 Å². The van der Waals surface area contributed by atoms with Gasteiger partial charge in [-0.05, 0) is 51.0 Å². The molecule has 0 bridgehead atoms. The second kappa shape index (κ2) is 7.86. The van der Waals surface area contributed by atoms with Crippen LogP contribution >= 0.6 is 0 Å². The van der Waals surface area contributed by atoms with Crippen LogP contribution in [0, 0.1) is 26.7 Å². The van der Waals surface area contributed by atoms with Crippen molar-refractivity contribution in [2.75, 3.05) is 9.80 Å². The normalized spacial score (nSPS) is 21.3. The Bertz CT molecular complexity index is 1090. The topological polar surface area (TPSA) is 43.8 Å². The number of hydrogen-bond acceptors (Lipinski definition) is 2. The summed E-state index contributed by atoms with van der Waals surface area (Å²) in [5.74, 6) is 0.00575. The van der Waals surface area contributed by atoms with Gasteiger partial charge in [0, 0.05) is 16.9 Å². The van der Waals surface area contributed by atoms with E-state index in [1.807, 2.05) is 93.6 Å². The van der Waals surface area contributed by atoms with E-state index >= 15 is 0 Å². The number of urea groups is 1. The largest absolute Gasteiger partial charge is 0.365 e. The number of nitrogens with zero attached hydrogens (tertiary/aromatic N) is 2. The number of amides is 2. The third-order valence-corrected chi connectivity index (χ3v) is 6.11. The molecule has 4 heteroatoms. The van der Waals surface area contributed by atoms with E-state index in [1.165, 1.54) is 0 Å². The van der Waals surface area contributed by atoms with Crippen LogP contribution in [0.2, 0.25) is 0 Å². The van der Waals surface area contributed by atoms with Crippen molar-refractivity contribution in [3.63, 3.8) is 0 Å². The lowest BCUT2D eigenvalue weighted by Gasteiger charge is -2.39. The first kappa shape index (κ1) is 21.1. The molecule has 1 heterocycles. The van der Waals surface area contributed by atoms with Crippen molar-refractivity contribution < 1.29 is 9.90 Å². The van der Waals surface area contributed by atoms with Crippen molar-refractivity contribution in [3.05, 3.63) is 95.1 Å². The van der Waals surface area contributed by atoms with E-state index in [4.69, 9.17) is 0 Å². The highest BCUT2D eigenvalue weighted by molar-refractivity contribution is 6.08. The highest BCUT2D eigenvalue weighted by Gasteiger charge is 2.59. The zero-order chi connectivity index (χ0) is 22.3. The van der Waals surface area contributed by atoms with Gasteiger partial charge in [0.1, 0.15) is 0 Å². The molecule has 2 amide bonds. The average molecular weight is 415 g/mol. The average Bonchev–Trinajstić information content (AvgIpc) is 2.97. The summed E-state index contributed by atoms with van der Waals surface area (Å²) >= 11 is 0. The molecule has 2 atom stereocenters. The van der Waals surface area contributed by atoms with Crippen LogP contribution in [-0.4, -0.2) is 17.2 Å². The molecule has 0 spiro atoms. The van der Waals surface area contributed by atoms with Gasteiger partial charge in [-0.3, -0.25) is 9.80 Å². The summed E-state index contributed by atoms with van der Waals surface area (Å²) in [7, 11) is 0. The number of benzene rings is 3.